The van der Waals surface area contributed by atoms with Crippen molar-refractivity contribution >= 4 is 17.0 Å². The third-order valence-corrected chi connectivity index (χ3v) is 5.96. The minimum atomic E-state index is -0.851. The van der Waals surface area contributed by atoms with Crippen molar-refractivity contribution in [1.82, 2.24) is 15.2 Å². The molecule has 3 aromatic rings. The number of hydrogen-bond acceptors (Lipinski definition) is 5. The van der Waals surface area contributed by atoms with E-state index < -0.39 is 17.5 Å². The number of ether oxygens (including phenoxy) is 1. The van der Waals surface area contributed by atoms with Gasteiger partial charge in [0, 0.05) is 43.5 Å². The van der Waals surface area contributed by atoms with Gasteiger partial charge in [0.2, 0.25) is 0 Å². The Morgan fingerprint density at radius 2 is 2.07 bits per heavy atom. The first-order chi connectivity index (χ1) is 14.5. The number of hydrogen-bond donors (Lipinski definition) is 1. The van der Waals surface area contributed by atoms with E-state index in [4.69, 9.17) is 9.15 Å². The summed E-state index contributed by atoms with van der Waals surface area (Å²) in [5, 5.41) is 2.37. The van der Waals surface area contributed by atoms with Gasteiger partial charge >= 0.3 is 0 Å². The fraction of sp³-hybridized carbons (Fsp3) is 0.364. The number of nitrogens with zero attached hydrogens (tertiary/aromatic N) is 2. The van der Waals surface area contributed by atoms with Crippen LogP contribution in [0.3, 0.4) is 0 Å². The molecule has 3 atom stereocenters. The van der Waals surface area contributed by atoms with Crippen molar-refractivity contribution in [3.8, 4) is 11.3 Å². The molecule has 0 aliphatic carbocycles. The van der Waals surface area contributed by atoms with E-state index in [0.717, 1.165) is 30.8 Å². The maximum absolute atomic E-state index is 15.0. The molecule has 0 saturated carbocycles. The largest absolute Gasteiger partial charge is 0.454 e. The molecule has 5 rings (SSSR count). The molecule has 2 aliphatic rings. The molecule has 2 aliphatic heterocycles. The molecular weight excluding hydrogens is 392 g/mol. The van der Waals surface area contributed by atoms with Crippen LogP contribution in [0.1, 0.15) is 21.5 Å². The SMILES string of the molecule is CNC(=O)c1cc(F)c(-c2oc3cc(C)cnc3c2C[C@H]2[C@@H]3CN2CCO3)c(F)c1. The standard InChI is InChI=1S/C22H21F2N3O3/c1-11-5-17-20(26-9-11)13(8-16-18-10-27(16)3-4-29-18)21(30-17)19-14(23)6-12(7-15(19)24)22(28)25-2/h5-7,9,16,18H,3-4,8,10H2,1-2H3,(H,25,28)/t16-,18-/m0/s1. The fourth-order valence-electron chi connectivity index (χ4n) is 4.38. The molecular formula is C22H21F2N3O3. The zero-order valence-corrected chi connectivity index (χ0v) is 16.7. The van der Waals surface area contributed by atoms with Gasteiger partial charge in [-0.15, -0.1) is 0 Å². The molecule has 4 heterocycles. The van der Waals surface area contributed by atoms with Crippen molar-refractivity contribution in [2.45, 2.75) is 25.5 Å². The Labute approximate surface area is 171 Å². The average molecular weight is 413 g/mol. The maximum Gasteiger partial charge on any atom is 0.251 e. The summed E-state index contributed by atoms with van der Waals surface area (Å²) in [5.41, 5.74) is 2.24. The summed E-state index contributed by atoms with van der Waals surface area (Å²) in [6.45, 7) is 4.28. The lowest BCUT2D eigenvalue weighted by atomic mass is 9.89. The Hall–Kier alpha value is -2.84. The van der Waals surface area contributed by atoms with Gasteiger partial charge in [-0.2, -0.15) is 0 Å². The van der Waals surface area contributed by atoms with Gasteiger partial charge in [0.1, 0.15) is 22.9 Å². The molecule has 1 N–H and O–H groups in total. The minimum absolute atomic E-state index is 0.0871. The fourth-order valence-corrected chi connectivity index (χ4v) is 4.38. The minimum Gasteiger partial charge on any atom is -0.454 e. The lowest BCUT2D eigenvalue weighted by Crippen LogP contribution is -2.66. The molecule has 30 heavy (non-hydrogen) atoms. The Balaban J connectivity index is 1.64. The zero-order chi connectivity index (χ0) is 21.0. The van der Waals surface area contributed by atoms with Crippen molar-refractivity contribution in [2.24, 2.45) is 0 Å². The van der Waals surface area contributed by atoms with Crippen molar-refractivity contribution in [1.29, 1.82) is 0 Å². The highest BCUT2D eigenvalue weighted by Crippen LogP contribution is 2.39. The van der Waals surface area contributed by atoms with Gasteiger partial charge in [0.15, 0.2) is 5.58 Å². The van der Waals surface area contributed by atoms with Crippen LogP contribution in [0.2, 0.25) is 0 Å². The number of amides is 1. The van der Waals surface area contributed by atoms with Crippen LogP contribution >= 0.6 is 0 Å². The molecule has 0 spiro atoms. The van der Waals surface area contributed by atoms with Gasteiger partial charge in [-0.1, -0.05) is 0 Å². The third kappa shape index (κ3) is 2.98. The number of benzene rings is 1. The monoisotopic (exact) mass is 413 g/mol. The lowest BCUT2D eigenvalue weighted by Gasteiger charge is -2.52. The number of furan rings is 1. The summed E-state index contributed by atoms with van der Waals surface area (Å²) in [6, 6.07) is 3.98. The van der Waals surface area contributed by atoms with Gasteiger partial charge in [-0.3, -0.25) is 14.7 Å². The molecule has 156 valence electrons. The van der Waals surface area contributed by atoms with Crippen LogP contribution < -0.4 is 5.32 Å². The van der Waals surface area contributed by atoms with Crippen LogP contribution in [0.4, 0.5) is 8.78 Å². The van der Waals surface area contributed by atoms with Crippen LogP contribution in [0.25, 0.3) is 22.4 Å². The number of nitrogens with one attached hydrogen (secondary N) is 1. The van der Waals surface area contributed by atoms with Gasteiger partial charge in [-0.05, 0) is 37.1 Å². The zero-order valence-electron chi connectivity index (χ0n) is 16.7. The topological polar surface area (TPSA) is 67.6 Å². The summed E-state index contributed by atoms with van der Waals surface area (Å²) >= 11 is 0. The molecule has 0 radical (unpaired) electrons. The van der Waals surface area contributed by atoms with Crippen LogP contribution in [-0.4, -0.2) is 54.7 Å². The number of morpholine rings is 2. The maximum atomic E-state index is 15.0. The Morgan fingerprint density at radius 3 is 2.70 bits per heavy atom. The second-order valence-corrected chi connectivity index (χ2v) is 7.84. The van der Waals surface area contributed by atoms with E-state index in [1.165, 1.54) is 7.05 Å². The Bertz CT molecular complexity index is 1120. The van der Waals surface area contributed by atoms with Gasteiger partial charge < -0.3 is 14.5 Å². The molecule has 1 aromatic carbocycles. The van der Waals surface area contributed by atoms with E-state index >= 15 is 8.78 Å². The third-order valence-electron chi connectivity index (χ3n) is 5.96. The summed E-state index contributed by atoms with van der Waals surface area (Å²) in [4.78, 5) is 18.6. The number of rotatable bonds is 4. The van der Waals surface area contributed by atoms with E-state index in [1.54, 1.807) is 6.20 Å². The van der Waals surface area contributed by atoms with Crippen molar-refractivity contribution < 1.29 is 22.7 Å². The summed E-state index contributed by atoms with van der Waals surface area (Å²) in [7, 11) is 1.41. The number of aryl methyl sites for hydroxylation is 1. The van der Waals surface area contributed by atoms with E-state index in [2.05, 4.69) is 15.2 Å². The van der Waals surface area contributed by atoms with E-state index in [9.17, 15) is 4.79 Å². The first kappa shape index (κ1) is 19.1. The Kier molecular flexibility index (Phi) is 4.56. The van der Waals surface area contributed by atoms with Crippen molar-refractivity contribution in [3.63, 3.8) is 0 Å². The van der Waals surface area contributed by atoms with Crippen LogP contribution in [0, 0.1) is 18.6 Å². The summed E-state index contributed by atoms with van der Waals surface area (Å²) < 4.78 is 41.8. The predicted molar refractivity (Wildman–Crippen MR) is 106 cm³/mol. The highest BCUT2D eigenvalue weighted by Gasteiger charge is 2.43. The van der Waals surface area contributed by atoms with Crippen molar-refractivity contribution in [2.75, 3.05) is 26.7 Å². The molecule has 8 heteroatoms. The van der Waals surface area contributed by atoms with Crippen LogP contribution in [0.5, 0.6) is 0 Å². The molecule has 2 fully saturated rings. The van der Waals surface area contributed by atoms with Crippen LogP contribution in [-0.2, 0) is 11.2 Å². The molecule has 2 saturated heterocycles. The first-order valence-corrected chi connectivity index (χ1v) is 9.91. The lowest BCUT2D eigenvalue weighted by molar-refractivity contribution is -0.159. The van der Waals surface area contributed by atoms with Crippen molar-refractivity contribution in [3.05, 3.63) is 52.7 Å². The highest BCUT2D eigenvalue weighted by atomic mass is 19.1. The predicted octanol–water partition coefficient (Wildman–Crippen LogP) is 3.07. The van der Waals surface area contributed by atoms with Gasteiger partial charge in [0.05, 0.1) is 18.3 Å². The smallest absolute Gasteiger partial charge is 0.251 e. The van der Waals surface area contributed by atoms with Gasteiger partial charge in [0.25, 0.3) is 5.91 Å². The molecule has 1 amide bonds. The van der Waals surface area contributed by atoms with E-state index in [1.807, 2.05) is 13.0 Å². The summed E-state index contributed by atoms with van der Waals surface area (Å²) in [5.74, 6) is -2.14. The molecule has 6 nitrogen and oxygen atoms in total. The van der Waals surface area contributed by atoms with E-state index in [0.29, 0.717) is 29.7 Å². The normalized spacial score (nSPS) is 22.7. The number of aromatic nitrogens is 1. The van der Waals surface area contributed by atoms with Gasteiger partial charge in [-0.25, -0.2) is 8.78 Å². The first-order valence-electron chi connectivity index (χ1n) is 9.91. The second-order valence-electron chi connectivity index (χ2n) is 7.84. The highest BCUT2D eigenvalue weighted by molar-refractivity contribution is 5.95. The van der Waals surface area contributed by atoms with E-state index in [-0.39, 0.29) is 29.0 Å². The number of carbonyl (C=O) groups excluding carboxylic acids is 1. The second kappa shape index (κ2) is 7.14. The number of pyridine rings is 1. The molecule has 2 bridgehead atoms. The summed E-state index contributed by atoms with van der Waals surface area (Å²) in [6.07, 6.45) is 2.33. The molecule has 2 aromatic heterocycles. The van der Waals surface area contributed by atoms with Crippen LogP contribution in [0.15, 0.2) is 28.8 Å². The quantitative estimate of drug-likeness (QED) is 0.712. The Morgan fingerprint density at radius 1 is 1.30 bits per heavy atom. The average Bonchev–Trinajstić information content (AvgIpc) is 3.08. The number of fused-ring (bicyclic) bond motifs is 3. The number of carbonyl (C=O) groups is 1. The molecule has 1 unspecified atom stereocenters. The number of halogens is 2.